The third-order valence-electron chi connectivity index (χ3n) is 7.06. The van der Waals surface area contributed by atoms with Gasteiger partial charge in [-0.25, -0.2) is 13.6 Å². The molecule has 4 heterocycles. The van der Waals surface area contributed by atoms with Crippen molar-refractivity contribution >= 4 is 27.8 Å². The normalized spacial score (nSPS) is 21.6. The van der Waals surface area contributed by atoms with E-state index in [2.05, 4.69) is 10.2 Å². The number of benzene rings is 2. The molecule has 2 aromatic heterocycles. The van der Waals surface area contributed by atoms with Gasteiger partial charge in [-0.15, -0.1) is 0 Å². The van der Waals surface area contributed by atoms with Crippen molar-refractivity contribution in [3.05, 3.63) is 59.4 Å². The van der Waals surface area contributed by atoms with Crippen LogP contribution in [0.2, 0.25) is 0 Å². The summed E-state index contributed by atoms with van der Waals surface area (Å²) in [5.41, 5.74) is 3.36. The quantitative estimate of drug-likeness (QED) is 0.457. The summed E-state index contributed by atoms with van der Waals surface area (Å²) in [6.45, 7) is 1.36. The summed E-state index contributed by atoms with van der Waals surface area (Å²) in [6.07, 6.45) is 2.40. The summed E-state index contributed by atoms with van der Waals surface area (Å²) >= 11 is 0. The van der Waals surface area contributed by atoms with Gasteiger partial charge in [-0.05, 0) is 55.2 Å². The number of carbonyl (C=O) groups is 1. The van der Waals surface area contributed by atoms with Crippen LogP contribution in [-0.4, -0.2) is 51.8 Å². The number of nitrogens with one attached hydrogen (secondary N) is 1. The molecule has 0 saturated carbocycles. The Morgan fingerprint density at radius 3 is 2.62 bits per heavy atom. The Hall–Kier alpha value is -3.30. The molecule has 34 heavy (non-hydrogen) atoms. The van der Waals surface area contributed by atoms with Crippen LogP contribution in [0.3, 0.4) is 0 Å². The van der Waals surface area contributed by atoms with Crippen LogP contribution in [0, 0.1) is 11.6 Å². The third-order valence-corrected chi connectivity index (χ3v) is 7.06. The van der Waals surface area contributed by atoms with E-state index >= 15 is 4.39 Å². The smallest absolute Gasteiger partial charge is 0.332 e. The number of hydrogen-bond acceptors (Lipinski definition) is 4. The number of halogens is 2. The molecule has 6 rings (SSSR count). The first-order valence-corrected chi connectivity index (χ1v) is 11.4. The number of hydrogen-bond donors (Lipinski definition) is 2. The molecule has 0 aliphatic carbocycles. The Morgan fingerprint density at radius 2 is 1.91 bits per heavy atom. The zero-order chi connectivity index (χ0) is 23.4. The number of carboxylic acids is 1. The largest absolute Gasteiger partial charge is 0.479 e. The van der Waals surface area contributed by atoms with Gasteiger partial charge in [-0.1, -0.05) is 0 Å². The zero-order valence-electron chi connectivity index (χ0n) is 18.3. The zero-order valence-corrected chi connectivity index (χ0v) is 18.3. The molecule has 2 atom stereocenters. The second-order valence-corrected chi connectivity index (χ2v) is 9.01. The molecular formula is C25H23F2N3O4. The predicted octanol–water partition coefficient (Wildman–Crippen LogP) is 4.64. The number of nitrogens with zero attached hydrogens (tertiary/aromatic N) is 2. The Kier molecular flexibility index (Phi) is 5.11. The van der Waals surface area contributed by atoms with Crippen LogP contribution in [0.1, 0.15) is 42.4 Å². The minimum atomic E-state index is -1.02. The number of aliphatic carboxylic acids is 1. The lowest BCUT2D eigenvalue weighted by atomic mass is 9.86. The van der Waals surface area contributed by atoms with Gasteiger partial charge in [0.1, 0.15) is 11.3 Å². The molecule has 0 radical (unpaired) electrons. The first kappa shape index (κ1) is 21.2. The molecule has 7 nitrogen and oxygen atoms in total. The Morgan fingerprint density at radius 1 is 1.15 bits per heavy atom. The SMILES string of the molecule is O=C(O)C1C[C@H](c2c(C3CCOCC3)n(-c3ccc(F)cc3)c3cc4cn[nH]c4c(F)c23)CO1. The van der Waals surface area contributed by atoms with Crippen molar-refractivity contribution in [3.63, 3.8) is 0 Å². The van der Waals surface area contributed by atoms with E-state index in [9.17, 15) is 14.3 Å². The molecule has 2 aromatic carbocycles. The van der Waals surface area contributed by atoms with Crippen LogP contribution in [0.25, 0.3) is 27.5 Å². The van der Waals surface area contributed by atoms with Crippen molar-refractivity contribution in [3.8, 4) is 5.69 Å². The topological polar surface area (TPSA) is 89.4 Å². The van der Waals surface area contributed by atoms with Crippen LogP contribution in [0.15, 0.2) is 36.5 Å². The second kappa shape index (κ2) is 8.18. The third kappa shape index (κ3) is 3.30. The van der Waals surface area contributed by atoms with Crippen molar-refractivity contribution in [2.75, 3.05) is 19.8 Å². The van der Waals surface area contributed by atoms with Crippen molar-refractivity contribution in [1.29, 1.82) is 0 Å². The predicted molar refractivity (Wildman–Crippen MR) is 120 cm³/mol. The maximum absolute atomic E-state index is 16.1. The fraction of sp³-hybridized carbons (Fsp3) is 0.360. The molecule has 176 valence electrons. The van der Waals surface area contributed by atoms with Gasteiger partial charge >= 0.3 is 5.97 Å². The van der Waals surface area contributed by atoms with Crippen molar-refractivity contribution < 1.29 is 28.2 Å². The molecule has 4 aromatic rings. The van der Waals surface area contributed by atoms with Crippen molar-refractivity contribution in [2.45, 2.75) is 37.2 Å². The molecule has 1 unspecified atom stereocenters. The maximum Gasteiger partial charge on any atom is 0.332 e. The number of rotatable bonds is 4. The van der Waals surface area contributed by atoms with E-state index in [0.29, 0.717) is 35.0 Å². The van der Waals surface area contributed by atoms with E-state index in [1.54, 1.807) is 18.3 Å². The Labute approximate surface area is 193 Å². The van der Waals surface area contributed by atoms with Crippen LogP contribution in [0.5, 0.6) is 0 Å². The van der Waals surface area contributed by atoms with Gasteiger partial charge in [0, 0.05) is 47.2 Å². The van der Waals surface area contributed by atoms with Gasteiger partial charge in [0.05, 0.1) is 18.3 Å². The first-order valence-electron chi connectivity index (χ1n) is 11.4. The average Bonchev–Trinajstić information content (AvgIpc) is 3.58. The minimum absolute atomic E-state index is 0.0703. The van der Waals surface area contributed by atoms with Crippen molar-refractivity contribution in [1.82, 2.24) is 14.8 Å². The minimum Gasteiger partial charge on any atom is -0.479 e. The summed E-state index contributed by atoms with van der Waals surface area (Å²) in [5.74, 6) is -2.02. The van der Waals surface area contributed by atoms with Crippen LogP contribution >= 0.6 is 0 Å². The first-order chi connectivity index (χ1) is 16.5. The number of fused-ring (bicyclic) bond motifs is 2. The fourth-order valence-corrected chi connectivity index (χ4v) is 5.50. The molecule has 2 aliphatic rings. The molecule has 2 aliphatic heterocycles. The number of carboxylic acid groups (broad SMARTS) is 1. The monoisotopic (exact) mass is 467 g/mol. The second-order valence-electron chi connectivity index (χ2n) is 9.01. The maximum atomic E-state index is 16.1. The molecular weight excluding hydrogens is 444 g/mol. The molecule has 0 amide bonds. The number of H-pyrrole nitrogens is 1. The van der Waals surface area contributed by atoms with E-state index < -0.39 is 17.9 Å². The summed E-state index contributed by atoms with van der Waals surface area (Å²) < 4.78 is 43.1. The fourth-order valence-electron chi connectivity index (χ4n) is 5.50. The Bertz CT molecular complexity index is 1390. The highest BCUT2D eigenvalue weighted by atomic mass is 19.1. The number of ether oxygens (including phenoxy) is 2. The van der Waals surface area contributed by atoms with Crippen molar-refractivity contribution in [2.24, 2.45) is 0 Å². The molecule has 0 bridgehead atoms. The lowest BCUT2D eigenvalue weighted by Gasteiger charge is -2.26. The molecule has 2 saturated heterocycles. The standard InChI is InChI=1S/C25H23F2N3O4/c26-16-1-3-17(4-2-16)30-18-9-14-11-28-29-23(14)22(27)21(18)20(15-10-19(25(31)32)34-12-15)24(30)13-5-7-33-8-6-13/h1-4,9,11,13,15,19H,5-8,10,12H2,(H,28,29)(H,31,32)/t15-,19?/m0/s1. The van der Waals surface area contributed by atoms with Gasteiger partial charge in [0.15, 0.2) is 11.9 Å². The van der Waals surface area contributed by atoms with E-state index in [1.165, 1.54) is 12.1 Å². The average molecular weight is 467 g/mol. The molecule has 2 fully saturated rings. The van der Waals surface area contributed by atoms with Gasteiger partial charge in [0.2, 0.25) is 0 Å². The summed E-state index contributed by atoms with van der Waals surface area (Å²) in [4.78, 5) is 11.6. The highest BCUT2D eigenvalue weighted by Gasteiger charge is 2.38. The summed E-state index contributed by atoms with van der Waals surface area (Å²) in [6, 6.07) is 8.03. The lowest BCUT2D eigenvalue weighted by molar-refractivity contribution is -0.147. The number of aromatic nitrogens is 3. The van der Waals surface area contributed by atoms with E-state index in [-0.39, 0.29) is 30.7 Å². The highest BCUT2D eigenvalue weighted by molar-refractivity contribution is 6.00. The van der Waals surface area contributed by atoms with E-state index in [0.717, 1.165) is 29.8 Å². The molecule has 2 N–H and O–H groups in total. The summed E-state index contributed by atoms with van der Waals surface area (Å²) in [7, 11) is 0. The number of aromatic amines is 1. The Balaban J connectivity index is 1.69. The summed E-state index contributed by atoms with van der Waals surface area (Å²) in [5, 5.41) is 17.3. The lowest BCUT2D eigenvalue weighted by Crippen LogP contribution is -2.19. The van der Waals surface area contributed by atoms with Crippen LogP contribution in [-0.2, 0) is 14.3 Å². The van der Waals surface area contributed by atoms with Crippen LogP contribution in [0.4, 0.5) is 8.78 Å². The van der Waals surface area contributed by atoms with E-state index in [4.69, 9.17) is 9.47 Å². The van der Waals surface area contributed by atoms with E-state index in [1.807, 2.05) is 10.6 Å². The van der Waals surface area contributed by atoms with Gasteiger partial charge < -0.3 is 19.1 Å². The van der Waals surface area contributed by atoms with Gasteiger partial charge in [-0.2, -0.15) is 5.10 Å². The molecule has 9 heteroatoms. The van der Waals surface area contributed by atoms with Gasteiger partial charge in [0.25, 0.3) is 0 Å². The molecule has 0 spiro atoms. The van der Waals surface area contributed by atoms with Crippen LogP contribution < -0.4 is 0 Å². The highest BCUT2D eigenvalue weighted by Crippen LogP contribution is 2.46. The van der Waals surface area contributed by atoms with Gasteiger partial charge in [-0.3, -0.25) is 5.10 Å².